The van der Waals surface area contributed by atoms with Crippen molar-refractivity contribution in [2.75, 3.05) is 26.2 Å². The third-order valence-electron chi connectivity index (χ3n) is 5.47. The molecule has 1 N–H and O–H groups in total. The molecule has 2 nitrogen and oxygen atoms in total. The van der Waals surface area contributed by atoms with Crippen LogP contribution in [-0.4, -0.2) is 36.6 Å². The first-order valence-corrected chi connectivity index (χ1v) is 9.33. The lowest BCUT2D eigenvalue weighted by atomic mass is 9.79. The van der Waals surface area contributed by atoms with E-state index in [0.29, 0.717) is 5.54 Å². The van der Waals surface area contributed by atoms with E-state index in [0.717, 1.165) is 0 Å². The van der Waals surface area contributed by atoms with Gasteiger partial charge in [-0.25, -0.2) is 0 Å². The summed E-state index contributed by atoms with van der Waals surface area (Å²) in [5.74, 6) is 0. The Labute approximate surface area is 126 Å². The standard InChI is InChI=1S/C18H36N2/c1-2-3-4-9-14-19-17-18(12-7-5-8-13-18)20-15-10-6-11-16-20/h19H,2-17H2,1H3. The molecule has 0 bridgehead atoms. The summed E-state index contributed by atoms with van der Waals surface area (Å²) in [6.45, 7) is 7.49. The zero-order valence-electron chi connectivity index (χ0n) is 13.8. The molecule has 2 rings (SSSR count). The van der Waals surface area contributed by atoms with Crippen molar-refractivity contribution in [1.82, 2.24) is 10.2 Å². The molecule has 0 unspecified atom stereocenters. The molecule has 1 saturated carbocycles. The second-order valence-electron chi connectivity index (χ2n) is 7.07. The fourth-order valence-corrected chi connectivity index (χ4v) is 4.18. The van der Waals surface area contributed by atoms with E-state index in [4.69, 9.17) is 0 Å². The van der Waals surface area contributed by atoms with Crippen molar-refractivity contribution in [2.24, 2.45) is 0 Å². The largest absolute Gasteiger partial charge is 0.315 e. The molecular formula is C18H36N2. The zero-order valence-corrected chi connectivity index (χ0v) is 13.8. The maximum Gasteiger partial charge on any atom is 0.0333 e. The van der Waals surface area contributed by atoms with Crippen LogP contribution in [0.3, 0.4) is 0 Å². The smallest absolute Gasteiger partial charge is 0.0333 e. The SMILES string of the molecule is CCCCCCNCC1(N2CCCCC2)CCCCC1. The van der Waals surface area contributed by atoms with Gasteiger partial charge in [0.25, 0.3) is 0 Å². The summed E-state index contributed by atoms with van der Waals surface area (Å²) >= 11 is 0. The minimum Gasteiger partial charge on any atom is -0.315 e. The van der Waals surface area contributed by atoms with Crippen LogP contribution < -0.4 is 5.32 Å². The Morgan fingerprint density at radius 1 is 0.850 bits per heavy atom. The summed E-state index contributed by atoms with van der Waals surface area (Å²) < 4.78 is 0. The highest BCUT2D eigenvalue weighted by Crippen LogP contribution is 2.35. The molecule has 1 aliphatic heterocycles. The average Bonchev–Trinajstić information content (AvgIpc) is 2.52. The van der Waals surface area contributed by atoms with E-state index >= 15 is 0 Å². The molecule has 20 heavy (non-hydrogen) atoms. The summed E-state index contributed by atoms with van der Waals surface area (Å²) in [6, 6.07) is 0. The number of piperidine rings is 1. The van der Waals surface area contributed by atoms with E-state index < -0.39 is 0 Å². The van der Waals surface area contributed by atoms with E-state index in [2.05, 4.69) is 17.1 Å². The zero-order chi connectivity index (χ0) is 14.1. The predicted octanol–water partition coefficient (Wildman–Crippen LogP) is 4.35. The van der Waals surface area contributed by atoms with E-state index in [-0.39, 0.29) is 0 Å². The predicted molar refractivity (Wildman–Crippen MR) is 88.3 cm³/mol. The van der Waals surface area contributed by atoms with Gasteiger partial charge in [0.1, 0.15) is 0 Å². The number of likely N-dealkylation sites (tertiary alicyclic amines) is 1. The Morgan fingerprint density at radius 3 is 2.25 bits per heavy atom. The average molecular weight is 280 g/mol. The molecule has 0 aromatic heterocycles. The molecule has 1 heterocycles. The highest BCUT2D eigenvalue weighted by molar-refractivity contribution is 4.95. The number of nitrogens with zero attached hydrogens (tertiary/aromatic N) is 1. The van der Waals surface area contributed by atoms with Gasteiger partial charge in [-0.2, -0.15) is 0 Å². The summed E-state index contributed by atoms with van der Waals surface area (Å²) in [5, 5.41) is 3.81. The van der Waals surface area contributed by atoms with Crippen LogP contribution in [-0.2, 0) is 0 Å². The molecule has 2 heteroatoms. The van der Waals surface area contributed by atoms with Crippen LogP contribution in [0, 0.1) is 0 Å². The van der Waals surface area contributed by atoms with Crippen LogP contribution in [0.4, 0.5) is 0 Å². The van der Waals surface area contributed by atoms with Gasteiger partial charge in [0.2, 0.25) is 0 Å². The van der Waals surface area contributed by atoms with E-state index in [1.165, 1.54) is 103 Å². The number of unbranched alkanes of at least 4 members (excludes halogenated alkanes) is 3. The van der Waals surface area contributed by atoms with Gasteiger partial charge < -0.3 is 5.32 Å². The molecule has 0 aromatic carbocycles. The topological polar surface area (TPSA) is 15.3 Å². The second-order valence-corrected chi connectivity index (χ2v) is 7.07. The van der Waals surface area contributed by atoms with Crippen molar-refractivity contribution < 1.29 is 0 Å². The third kappa shape index (κ3) is 4.73. The van der Waals surface area contributed by atoms with Crippen molar-refractivity contribution >= 4 is 0 Å². The Kier molecular flexibility index (Phi) is 7.37. The fourth-order valence-electron chi connectivity index (χ4n) is 4.18. The first-order valence-electron chi connectivity index (χ1n) is 9.33. The van der Waals surface area contributed by atoms with Crippen LogP contribution in [0.2, 0.25) is 0 Å². The molecule has 0 atom stereocenters. The lowest BCUT2D eigenvalue weighted by Crippen LogP contribution is -2.57. The number of hydrogen-bond acceptors (Lipinski definition) is 2. The number of rotatable bonds is 8. The first-order chi connectivity index (χ1) is 9.87. The summed E-state index contributed by atoms with van der Waals surface area (Å²) in [6.07, 6.45) is 17.1. The number of nitrogens with one attached hydrogen (secondary N) is 1. The van der Waals surface area contributed by atoms with Crippen LogP contribution in [0.25, 0.3) is 0 Å². The van der Waals surface area contributed by atoms with Gasteiger partial charge in [0.05, 0.1) is 0 Å². The maximum absolute atomic E-state index is 3.81. The molecular weight excluding hydrogens is 244 g/mol. The van der Waals surface area contributed by atoms with Crippen molar-refractivity contribution in [3.63, 3.8) is 0 Å². The van der Waals surface area contributed by atoms with Gasteiger partial charge in [-0.05, 0) is 51.7 Å². The van der Waals surface area contributed by atoms with E-state index in [1.54, 1.807) is 0 Å². The maximum atomic E-state index is 3.81. The lowest BCUT2D eigenvalue weighted by Gasteiger charge is -2.48. The van der Waals surface area contributed by atoms with Crippen LogP contribution in [0.15, 0.2) is 0 Å². The highest BCUT2D eigenvalue weighted by Gasteiger charge is 2.37. The molecule has 2 aliphatic rings. The summed E-state index contributed by atoms with van der Waals surface area (Å²) in [5.41, 5.74) is 0.517. The minimum atomic E-state index is 0.517. The van der Waals surface area contributed by atoms with Crippen LogP contribution >= 0.6 is 0 Å². The van der Waals surface area contributed by atoms with Crippen LogP contribution in [0.5, 0.6) is 0 Å². The Balaban J connectivity index is 1.77. The second kappa shape index (κ2) is 9.04. The molecule has 1 aliphatic carbocycles. The van der Waals surface area contributed by atoms with Gasteiger partial charge >= 0.3 is 0 Å². The van der Waals surface area contributed by atoms with E-state index in [9.17, 15) is 0 Å². The van der Waals surface area contributed by atoms with Gasteiger partial charge in [0.15, 0.2) is 0 Å². The summed E-state index contributed by atoms with van der Waals surface area (Å²) in [4.78, 5) is 2.86. The Morgan fingerprint density at radius 2 is 1.55 bits per heavy atom. The molecule has 0 aromatic rings. The monoisotopic (exact) mass is 280 g/mol. The lowest BCUT2D eigenvalue weighted by molar-refractivity contribution is 0.0336. The molecule has 0 spiro atoms. The van der Waals surface area contributed by atoms with Crippen molar-refractivity contribution in [3.05, 3.63) is 0 Å². The molecule has 2 fully saturated rings. The molecule has 0 radical (unpaired) electrons. The Bertz CT molecular complexity index is 240. The molecule has 118 valence electrons. The van der Waals surface area contributed by atoms with Gasteiger partial charge in [-0.3, -0.25) is 4.90 Å². The Hall–Kier alpha value is -0.0800. The summed E-state index contributed by atoms with van der Waals surface area (Å²) in [7, 11) is 0. The van der Waals surface area contributed by atoms with E-state index in [1.807, 2.05) is 0 Å². The van der Waals surface area contributed by atoms with Gasteiger partial charge in [-0.1, -0.05) is 51.9 Å². The van der Waals surface area contributed by atoms with Crippen molar-refractivity contribution in [3.8, 4) is 0 Å². The molecule has 0 amide bonds. The van der Waals surface area contributed by atoms with Crippen molar-refractivity contribution in [2.45, 2.75) is 89.5 Å². The minimum absolute atomic E-state index is 0.517. The molecule has 1 saturated heterocycles. The first kappa shape index (κ1) is 16.3. The van der Waals surface area contributed by atoms with Gasteiger partial charge in [-0.15, -0.1) is 0 Å². The fraction of sp³-hybridized carbons (Fsp3) is 1.00. The van der Waals surface area contributed by atoms with Crippen LogP contribution in [0.1, 0.15) is 84.0 Å². The number of hydrogen-bond donors (Lipinski definition) is 1. The van der Waals surface area contributed by atoms with Gasteiger partial charge in [0, 0.05) is 12.1 Å². The quantitative estimate of drug-likeness (QED) is 0.665. The highest BCUT2D eigenvalue weighted by atomic mass is 15.2. The normalized spacial score (nSPS) is 23.9. The third-order valence-corrected chi connectivity index (χ3v) is 5.47. The van der Waals surface area contributed by atoms with Crippen molar-refractivity contribution in [1.29, 1.82) is 0 Å².